The number of benzene rings is 1. The minimum atomic E-state index is -3.61. The van der Waals surface area contributed by atoms with Crippen molar-refractivity contribution in [3.05, 3.63) is 41.7 Å². The first kappa shape index (κ1) is 22.6. The highest BCUT2D eigenvalue weighted by molar-refractivity contribution is 7.89. The predicted octanol–water partition coefficient (Wildman–Crippen LogP) is 3.41. The summed E-state index contributed by atoms with van der Waals surface area (Å²) in [6, 6.07) is 7.09. The number of rotatable bonds is 7. The van der Waals surface area contributed by atoms with Crippen LogP contribution < -0.4 is 10.6 Å². The summed E-state index contributed by atoms with van der Waals surface area (Å²) in [6.45, 7) is 8.09. The number of morpholine rings is 1. The summed E-state index contributed by atoms with van der Waals surface area (Å²) in [5.41, 5.74) is 2.95. The molecule has 1 aromatic carbocycles. The molecule has 3 heterocycles. The fraction of sp³-hybridized carbons (Fsp3) is 0.381. The normalized spacial score (nSPS) is 15.0. The Hall–Kier alpha value is -2.60. The molecule has 0 radical (unpaired) electrons. The van der Waals surface area contributed by atoms with E-state index in [2.05, 4.69) is 25.6 Å². The summed E-state index contributed by atoms with van der Waals surface area (Å²) in [5.74, 6) is 0.388. The van der Waals surface area contributed by atoms with Crippen molar-refractivity contribution in [2.24, 2.45) is 0 Å². The van der Waals surface area contributed by atoms with Gasteiger partial charge in [0.1, 0.15) is 0 Å². The van der Waals surface area contributed by atoms with Gasteiger partial charge in [0.25, 0.3) is 0 Å². The minimum absolute atomic E-state index is 0.272. The lowest BCUT2D eigenvalue weighted by molar-refractivity contribution is 0.0730. The molecule has 32 heavy (non-hydrogen) atoms. The molecule has 0 bridgehead atoms. The molecule has 11 heteroatoms. The van der Waals surface area contributed by atoms with Crippen LogP contribution in [-0.2, 0) is 14.8 Å². The summed E-state index contributed by atoms with van der Waals surface area (Å²) in [7, 11) is -3.61. The number of nitrogens with zero attached hydrogens (tertiary/aromatic N) is 4. The molecule has 0 unspecified atom stereocenters. The zero-order chi connectivity index (χ0) is 22.7. The van der Waals surface area contributed by atoms with Crippen LogP contribution in [-0.4, -0.2) is 60.5 Å². The third kappa shape index (κ3) is 4.75. The van der Waals surface area contributed by atoms with Crippen molar-refractivity contribution in [3.8, 4) is 10.6 Å². The number of hydrogen-bond acceptors (Lipinski definition) is 9. The van der Waals surface area contributed by atoms with Gasteiger partial charge >= 0.3 is 0 Å². The van der Waals surface area contributed by atoms with Crippen LogP contribution in [0.1, 0.15) is 18.2 Å². The first-order valence-corrected chi connectivity index (χ1v) is 12.6. The number of anilines is 3. The molecular formula is C21H26N6O3S2. The number of ether oxygens (including phenoxy) is 1. The molecule has 0 aliphatic carbocycles. The van der Waals surface area contributed by atoms with Crippen molar-refractivity contribution in [2.45, 2.75) is 25.7 Å². The molecule has 2 aromatic heterocycles. The van der Waals surface area contributed by atoms with Gasteiger partial charge < -0.3 is 15.4 Å². The van der Waals surface area contributed by atoms with Crippen molar-refractivity contribution in [2.75, 3.05) is 43.5 Å². The first-order valence-electron chi connectivity index (χ1n) is 10.4. The zero-order valence-corrected chi connectivity index (χ0v) is 19.9. The number of aromatic nitrogens is 3. The molecular weight excluding hydrogens is 448 g/mol. The van der Waals surface area contributed by atoms with Gasteiger partial charge in [-0.2, -0.15) is 4.31 Å². The van der Waals surface area contributed by atoms with Crippen LogP contribution in [0.25, 0.3) is 10.6 Å². The van der Waals surface area contributed by atoms with E-state index in [9.17, 15) is 8.42 Å². The molecule has 0 saturated carbocycles. The molecule has 1 aliphatic rings. The first-order chi connectivity index (χ1) is 15.4. The molecule has 3 aromatic rings. The maximum atomic E-state index is 13.1. The van der Waals surface area contributed by atoms with E-state index in [1.54, 1.807) is 36.6 Å². The van der Waals surface area contributed by atoms with Crippen molar-refractivity contribution < 1.29 is 13.2 Å². The van der Waals surface area contributed by atoms with Gasteiger partial charge in [-0.05, 0) is 44.5 Å². The Morgan fingerprint density at radius 2 is 1.94 bits per heavy atom. The van der Waals surface area contributed by atoms with Crippen LogP contribution >= 0.6 is 11.3 Å². The second-order valence-corrected chi connectivity index (χ2v) is 10.3. The van der Waals surface area contributed by atoms with Crippen LogP contribution in [0.4, 0.5) is 16.8 Å². The Labute approximate surface area is 191 Å². The smallest absolute Gasteiger partial charge is 0.243 e. The molecule has 2 N–H and O–H groups in total. The number of nitrogens with one attached hydrogen (secondary N) is 2. The Kier molecular flexibility index (Phi) is 6.70. The Morgan fingerprint density at radius 1 is 1.16 bits per heavy atom. The monoisotopic (exact) mass is 474 g/mol. The molecule has 4 rings (SSSR count). The molecule has 9 nitrogen and oxygen atoms in total. The molecule has 0 amide bonds. The standard InChI is InChI=1S/C21H26N6O3S2/c1-4-22-21-24-15(3)19(31-21)17-7-8-23-20(26-17)25-16-6-5-14(2)18(13-16)32(28,29)27-9-11-30-12-10-27/h5-8,13H,4,9-12H2,1-3H3,(H,22,24)(H,23,25,26). The van der Waals surface area contributed by atoms with Crippen LogP contribution in [0.2, 0.25) is 0 Å². The highest BCUT2D eigenvalue weighted by Crippen LogP contribution is 2.32. The lowest BCUT2D eigenvalue weighted by Gasteiger charge is -2.26. The van der Waals surface area contributed by atoms with E-state index < -0.39 is 10.0 Å². The van der Waals surface area contributed by atoms with Crippen LogP contribution in [0, 0.1) is 13.8 Å². The summed E-state index contributed by atoms with van der Waals surface area (Å²) in [4.78, 5) is 14.7. The van der Waals surface area contributed by atoms with Gasteiger partial charge in [-0.15, -0.1) is 0 Å². The van der Waals surface area contributed by atoms with Crippen LogP contribution in [0.3, 0.4) is 0 Å². The Bertz CT molecular complexity index is 1210. The highest BCUT2D eigenvalue weighted by Gasteiger charge is 2.28. The zero-order valence-electron chi connectivity index (χ0n) is 18.3. The van der Waals surface area contributed by atoms with Crippen molar-refractivity contribution in [1.82, 2.24) is 19.3 Å². The van der Waals surface area contributed by atoms with E-state index in [0.717, 1.165) is 27.9 Å². The lowest BCUT2D eigenvalue weighted by Crippen LogP contribution is -2.40. The van der Waals surface area contributed by atoms with Gasteiger partial charge in [-0.25, -0.2) is 23.4 Å². The van der Waals surface area contributed by atoms with Crippen LogP contribution in [0.15, 0.2) is 35.4 Å². The summed E-state index contributed by atoms with van der Waals surface area (Å²) in [6.07, 6.45) is 1.68. The summed E-state index contributed by atoms with van der Waals surface area (Å²) < 4.78 is 33.0. The highest BCUT2D eigenvalue weighted by atomic mass is 32.2. The van der Waals surface area contributed by atoms with E-state index in [-0.39, 0.29) is 4.90 Å². The Balaban J connectivity index is 1.60. The topological polar surface area (TPSA) is 109 Å². The number of hydrogen-bond donors (Lipinski definition) is 2. The SMILES string of the molecule is CCNc1nc(C)c(-c2ccnc(Nc3ccc(C)c(S(=O)(=O)N4CCOCC4)c3)n2)s1. The third-order valence-corrected chi connectivity index (χ3v) is 8.22. The van der Waals surface area contributed by atoms with E-state index in [4.69, 9.17) is 4.74 Å². The second-order valence-electron chi connectivity index (χ2n) is 7.35. The predicted molar refractivity (Wildman–Crippen MR) is 126 cm³/mol. The summed E-state index contributed by atoms with van der Waals surface area (Å²) in [5, 5.41) is 7.22. The Morgan fingerprint density at radius 3 is 2.69 bits per heavy atom. The van der Waals surface area contributed by atoms with E-state index in [1.807, 2.05) is 26.0 Å². The van der Waals surface area contributed by atoms with Crippen molar-refractivity contribution in [1.29, 1.82) is 0 Å². The van der Waals surface area contributed by atoms with Gasteiger partial charge in [0.2, 0.25) is 16.0 Å². The van der Waals surface area contributed by atoms with E-state index >= 15 is 0 Å². The van der Waals surface area contributed by atoms with Gasteiger partial charge in [-0.3, -0.25) is 0 Å². The molecule has 1 fully saturated rings. The number of aryl methyl sites for hydroxylation is 2. The van der Waals surface area contributed by atoms with Gasteiger partial charge in [0.05, 0.1) is 34.4 Å². The van der Waals surface area contributed by atoms with Crippen molar-refractivity contribution in [3.63, 3.8) is 0 Å². The maximum absolute atomic E-state index is 13.1. The van der Waals surface area contributed by atoms with Crippen molar-refractivity contribution >= 4 is 38.1 Å². The molecule has 0 spiro atoms. The fourth-order valence-corrected chi connectivity index (χ4v) is 6.08. The van der Waals surface area contributed by atoms with E-state index in [0.29, 0.717) is 43.5 Å². The largest absolute Gasteiger partial charge is 0.379 e. The average Bonchev–Trinajstić information content (AvgIpc) is 3.16. The third-order valence-electron chi connectivity index (χ3n) is 5.04. The molecule has 170 valence electrons. The molecule has 0 atom stereocenters. The average molecular weight is 475 g/mol. The molecule has 1 saturated heterocycles. The quantitative estimate of drug-likeness (QED) is 0.536. The minimum Gasteiger partial charge on any atom is -0.379 e. The van der Waals surface area contributed by atoms with Gasteiger partial charge in [0, 0.05) is 31.5 Å². The second kappa shape index (κ2) is 9.49. The fourth-order valence-electron chi connectivity index (χ4n) is 3.42. The summed E-state index contributed by atoms with van der Waals surface area (Å²) >= 11 is 1.54. The van der Waals surface area contributed by atoms with Gasteiger partial charge in [-0.1, -0.05) is 17.4 Å². The van der Waals surface area contributed by atoms with E-state index in [1.165, 1.54) is 4.31 Å². The number of sulfonamides is 1. The van der Waals surface area contributed by atoms with Gasteiger partial charge in [0.15, 0.2) is 5.13 Å². The maximum Gasteiger partial charge on any atom is 0.243 e. The lowest BCUT2D eigenvalue weighted by atomic mass is 10.2. The molecule has 1 aliphatic heterocycles. The van der Waals surface area contributed by atoms with Crippen LogP contribution in [0.5, 0.6) is 0 Å². The number of thiazole rings is 1.